The van der Waals surface area contributed by atoms with E-state index in [1.807, 2.05) is 6.07 Å². The minimum Gasteiger partial charge on any atom is -0.378 e. The summed E-state index contributed by atoms with van der Waals surface area (Å²) >= 11 is 0. The van der Waals surface area contributed by atoms with Gasteiger partial charge in [-0.3, -0.25) is 9.69 Å². The van der Waals surface area contributed by atoms with Crippen molar-refractivity contribution in [3.63, 3.8) is 0 Å². The van der Waals surface area contributed by atoms with Crippen LogP contribution in [0.4, 0.5) is 5.82 Å². The number of carbonyl (C=O) groups excluding carboxylic acids is 1. The third kappa shape index (κ3) is 5.36. The summed E-state index contributed by atoms with van der Waals surface area (Å²) in [7, 11) is 0. The van der Waals surface area contributed by atoms with Gasteiger partial charge >= 0.3 is 0 Å². The molecule has 1 N–H and O–H groups in total. The second-order valence-corrected chi connectivity index (χ2v) is 7.03. The van der Waals surface area contributed by atoms with Crippen LogP contribution in [0, 0.1) is 0 Å². The minimum atomic E-state index is -0.0412. The number of carbonyl (C=O) groups is 1. The summed E-state index contributed by atoms with van der Waals surface area (Å²) in [5.74, 6) is 0.878. The maximum atomic E-state index is 12.3. The van der Waals surface area contributed by atoms with Crippen LogP contribution < -0.4 is 10.2 Å². The Hall–Kier alpha value is -1.77. The topological polar surface area (TPSA) is 79.8 Å². The number of ether oxygens (including phenoxy) is 2. The Balaban J connectivity index is 1.47. The molecule has 0 bridgehead atoms. The third-order valence-electron chi connectivity index (χ3n) is 4.82. The molecule has 2 saturated heterocycles. The highest BCUT2D eigenvalue weighted by atomic mass is 16.5. The lowest BCUT2D eigenvalue weighted by Gasteiger charge is -2.35. The minimum absolute atomic E-state index is 0.00728. The number of aromatic nitrogens is 2. The average Bonchev–Trinajstić information content (AvgIpc) is 2.67. The fraction of sp³-hybridized carbons (Fsp3) is 0.722. The van der Waals surface area contributed by atoms with E-state index in [0.29, 0.717) is 38.8 Å². The van der Waals surface area contributed by atoms with Crippen LogP contribution in [0.1, 0.15) is 26.0 Å². The van der Waals surface area contributed by atoms with Crippen molar-refractivity contribution >= 4 is 11.7 Å². The molecular formula is C18H29N5O3. The molecule has 26 heavy (non-hydrogen) atoms. The van der Waals surface area contributed by atoms with Gasteiger partial charge in [-0.25, -0.2) is 9.97 Å². The van der Waals surface area contributed by atoms with E-state index in [4.69, 9.17) is 9.47 Å². The lowest BCUT2D eigenvalue weighted by Crippen LogP contribution is -2.47. The Morgan fingerprint density at radius 1 is 1.27 bits per heavy atom. The van der Waals surface area contributed by atoms with Gasteiger partial charge in [0.05, 0.1) is 44.6 Å². The van der Waals surface area contributed by atoms with Crippen LogP contribution in [0.15, 0.2) is 12.4 Å². The number of morpholine rings is 2. The molecule has 2 aliphatic rings. The van der Waals surface area contributed by atoms with Gasteiger partial charge in [0, 0.05) is 38.3 Å². The standard InChI is InChI=1S/C18H29N5O3/c1-14(2)23-5-8-26-16(12-23)10-18(24)19-11-15-9-17(21-13-20-15)22-3-6-25-7-4-22/h9,13-14,16H,3-8,10-12H2,1-2H3,(H,19,24). The highest BCUT2D eigenvalue weighted by molar-refractivity contribution is 5.76. The normalized spacial score (nSPS) is 21.8. The number of hydrogen-bond acceptors (Lipinski definition) is 7. The maximum absolute atomic E-state index is 12.3. The van der Waals surface area contributed by atoms with Gasteiger partial charge in [-0.2, -0.15) is 0 Å². The first-order valence-electron chi connectivity index (χ1n) is 9.38. The molecule has 0 radical (unpaired) electrons. The van der Waals surface area contributed by atoms with E-state index in [1.165, 1.54) is 0 Å². The summed E-state index contributed by atoms with van der Waals surface area (Å²) in [6.45, 7) is 10.2. The van der Waals surface area contributed by atoms with Gasteiger partial charge in [-0.05, 0) is 13.8 Å². The zero-order valence-corrected chi connectivity index (χ0v) is 15.7. The second-order valence-electron chi connectivity index (χ2n) is 7.03. The first-order valence-corrected chi connectivity index (χ1v) is 9.38. The fourth-order valence-electron chi connectivity index (χ4n) is 3.25. The van der Waals surface area contributed by atoms with Crippen molar-refractivity contribution in [3.8, 4) is 0 Å². The molecule has 1 aromatic heterocycles. The molecule has 0 aliphatic carbocycles. The van der Waals surface area contributed by atoms with Gasteiger partial charge in [0.25, 0.3) is 0 Å². The summed E-state index contributed by atoms with van der Waals surface area (Å²) in [6.07, 6.45) is 1.89. The van der Waals surface area contributed by atoms with E-state index < -0.39 is 0 Å². The van der Waals surface area contributed by atoms with Gasteiger partial charge in [-0.15, -0.1) is 0 Å². The monoisotopic (exact) mass is 363 g/mol. The zero-order chi connectivity index (χ0) is 18.4. The summed E-state index contributed by atoms with van der Waals surface area (Å²) in [5.41, 5.74) is 0.809. The van der Waals surface area contributed by atoms with Crippen molar-refractivity contribution in [1.29, 1.82) is 0 Å². The maximum Gasteiger partial charge on any atom is 0.222 e. The lowest BCUT2D eigenvalue weighted by atomic mass is 10.1. The van der Waals surface area contributed by atoms with Gasteiger partial charge in [0.2, 0.25) is 5.91 Å². The molecule has 1 aromatic rings. The first kappa shape index (κ1) is 19.0. The highest BCUT2D eigenvalue weighted by Gasteiger charge is 2.24. The van der Waals surface area contributed by atoms with Crippen LogP contribution >= 0.6 is 0 Å². The van der Waals surface area contributed by atoms with E-state index >= 15 is 0 Å². The first-order chi connectivity index (χ1) is 12.6. The SMILES string of the molecule is CC(C)N1CCOC(CC(=O)NCc2cc(N3CCOCC3)ncn2)C1. The molecule has 2 fully saturated rings. The van der Waals surface area contributed by atoms with Crippen molar-refractivity contribution in [1.82, 2.24) is 20.2 Å². The summed E-state index contributed by atoms with van der Waals surface area (Å²) in [6, 6.07) is 2.41. The van der Waals surface area contributed by atoms with Gasteiger partial charge in [0.15, 0.2) is 0 Å². The smallest absolute Gasteiger partial charge is 0.222 e. The molecule has 0 spiro atoms. The molecule has 3 rings (SSSR count). The van der Waals surface area contributed by atoms with Crippen molar-refractivity contribution in [2.24, 2.45) is 0 Å². The number of nitrogens with one attached hydrogen (secondary N) is 1. The molecule has 1 unspecified atom stereocenters. The van der Waals surface area contributed by atoms with E-state index in [-0.39, 0.29) is 12.0 Å². The molecule has 0 aromatic carbocycles. The number of hydrogen-bond donors (Lipinski definition) is 1. The van der Waals surface area contributed by atoms with Crippen LogP contribution in [0.3, 0.4) is 0 Å². The number of rotatable bonds is 6. The molecule has 1 atom stereocenters. The zero-order valence-electron chi connectivity index (χ0n) is 15.7. The van der Waals surface area contributed by atoms with Crippen molar-refractivity contribution in [2.45, 2.75) is 39.0 Å². The summed E-state index contributed by atoms with van der Waals surface area (Å²) in [5, 5.41) is 2.95. The van der Waals surface area contributed by atoms with Gasteiger partial charge in [-0.1, -0.05) is 0 Å². The van der Waals surface area contributed by atoms with Crippen molar-refractivity contribution in [3.05, 3.63) is 18.1 Å². The van der Waals surface area contributed by atoms with E-state index in [9.17, 15) is 4.79 Å². The fourth-order valence-corrected chi connectivity index (χ4v) is 3.25. The van der Waals surface area contributed by atoms with Crippen LogP contribution in [-0.4, -0.2) is 78.9 Å². The van der Waals surface area contributed by atoms with Crippen molar-refractivity contribution in [2.75, 3.05) is 50.9 Å². The summed E-state index contributed by atoms with van der Waals surface area (Å²) < 4.78 is 11.1. The predicted molar refractivity (Wildman–Crippen MR) is 98.0 cm³/mol. The predicted octanol–water partition coefficient (Wildman–Crippen LogP) is 0.429. The Labute approximate surface area is 154 Å². The molecule has 1 amide bonds. The number of amides is 1. The second kappa shape index (κ2) is 9.25. The summed E-state index contributed by atoms with van der Waals surface area (Å²) in [4.78, 5) is 25.4. The largest absolute Gasteiger partial charge is 0.378 e. The molecule has 144 valence electrons. The van der Waals surface area contributed by atoms with Crippen molar-refractivity contribution < 1.29 is 14.3 Å². The van der Waals surface area contributed by atoms with E-state index in [1.54, 1.807) is 6.33 Å². The third-order valence-corrected chi connectivity index (χ3v) is 4.82. The molecular weight excluding hydrogens is 334 g/mol. The van der Waals surface area contributed by atoms with E-state index in [0.717, 1.165) is 37.7 Å². The average molecular weight is 363 g/mol. The Kier molecular flexibility index (Phi) is 6.76. The lowest BCUT2D eigenvalue weighted by molar-refractivity contribution is -0.126. The van der Waals surface area contributed by atoms with Crippen LogP contribution in [-0.2, 0) is 20.8 Å². The van der Waals surface area contributed by atoms with Crippen LogP contribution in [0.25, 0.3) is 0 Å². The Morgan fingerprint density at radius 3 is 2.85 bits per heavy atom. The molecule has 8 nitrogen and oxygen atoms in total. The Bertz CT molecular complexity index is 592. The molecule has 0 saturated carbocycles. The molecule has 2 aliphatic heterocycles. The number of nitrogens with zero attached hydrogens (tertiary/aromatic N) is 4. The quantitative estimate of drug-likeness (QED) is 0.785. The molecule has 8 heteroatoms. The highest BCUT2D eigenvalue weighted by Crippen LogP contribution is 2.14. The van der Waals surface area contributed by atoms with Crippen LogP contribution in [0.5, 0.6) is 0 Å². The van der Waals surface area contributed by atoms with Gasteiger partial charge in [0.1, 0.15) is 12.1 Å². The molecule has 3 heterocycles. The van der Waals surface area contributed by atoms with E-state index in [2.05, 4.69) is 38.9 Å². The Morgan fingerprint density at radius 2 is 2.08 bits per heavy atom. The van der Waals surface area contributed by atoms with Gasteiger partial charge < -0.3 is 19.7 Å². The van der Waals surface area contributed by atoms with Crippen LogP contribution in [0.2, 0.25) is 0 Å². The number of anilines is 1.